The Morgan fingerprint density at radius 1 is 0.148 bits per heavy atom. The first-order valence-electron chi connectivity index (χ1n) is 41.9. The average Bonchev–Trinajstić information content (AvgIpc) is 1.61. The molecule has 24 aromatic rings. The van der Waals surface area contributed by atoms with Gasteiger partial charge in [-0.3, -0.25) is 0 Å². The Balaban J connectivity index is 0.653. The summed E-state index contributed by atoms with van der Waals surface area (Å²) in [6, 6.07) is 161. The first-order chi connectivity index (χ1) is 60.5. The van der Waals surface area contributed by atoms with Crippen molar-refractivity contribution in [1.82, 2.24) is 28.2 Å². The standard InChI is InChI=1S/C116H72N6/c1-8-25-73(26-9-1)78-45-55-104-96(65-78)100-69-82(49-59-106(100)119(104)88-37-18-6-19-38-88)84-51-61-110-102(71-84)98-67-80(75-29-12-3-13-30-75)47-57-108(98)121(110)90-41-22-35-86(63-90)114-113-94-54-53-92(77-33-16-5-17-34-77)93-43-24-44-95(112(93)94)115(113)118-116(117-114)87-36-23-42-91(64-87)122-109-58-48-81(76-31-14-4-15-32-76)68-99(109)103-72-85(52-62-111(103)122)83-50-60-107-101(70-83)97-66-79(74-27-10-2-11-28-74)46-56-105(97)120(107)89-39-20-7-21-40-89/h1-72H. The summed E-state index contributed by atoms with van der Waals surface area (Å²) in [5, 5.41) is 11.9. The van der Waals surface area contributed by atoms with E-state index in [2.05, 4.69) is 455 Å². The second-order valence-electron chi connectivity index (χ2n) is 32.3. The molecule has 566 valence electrons. The molecule has 6 nitrogen and oxygen atoms in total. The van der Waals surface area contributed by atoms with E-state index in [1.807, 2.05) is 0 Å². The molecular formula is C116H72N6. The maximum atomic E-state index is 5.94. The predicted octanol–water partition coefficient (Wildman–Crippen LogP) is 30.7. The monoisotopic (exact) mass is 1550 g/mol. The molecule has 0 radical (unpaired) electrons. The molecule has 19 aromatic carbocycles. The van der Waals surface area contributed by atoms with Gasteiger partial charge in [-0.15, -0.1) is 0 Å². The van der Waals surface area contributed by atoms with Crippen LogP contribution >= 0.6 is 0 Å². The quantitative estimate of drug-likeness (QED) is 0.115. The molecule has 0 amide bonds. The smallest absolute Gasteiger partial charge is 0.160 e. The lowest BCUT2D eigenvalue weighted by molar-refractivity contribution is 1.16. The molecule has 0 bridgehead atoms. The molecule has 25 rings (SSSR count). The number of para-hydroxylation sites is 2. The van der Waals surface area contributed by atoms with Gasteiger partial charge in [-0.25, -0.2) is 9.97 Å². The third-order valence-corrected chi connectivity index (χ3v) is 25.5. The fourth-order valence-corrected chi connectivity index (χ4v) is 19.8. The highest BCUT2D eigenvalue weighted by molar-refractivity contribution is 6.21. The summed E-state index contributed by atoms with van der Waals surface area (Å²) >= 11 is 0. The highest BCUT2D eigenvalue weighted by Gasteiger charge is 2.31. The minimum atomic E-state index is 0.644. The molecule has 0 N–H and O–H groups in total. The molecule has 0 spiro atoms. The summed E-state index contributed by atoms with van der Waals surface area (Å²) in [4.78, 5) is 11.8. The molecule has 0 saturated carbocycles. The minimum absolute atomic E-state index is 0.644. The minimum Gasteiger partial charge on any atom is -0.309 e. The number of hydrogen-bond acceptors (Lipinski definition) is 2. The normalized spacial score (nSPS) is 11.9. The largest absolute Gasteiger partial charge is 0.309 e. The molecule has 1 aliphatic carbocycles. The molecule has 5 heterocycles. The fraction of sp³-hybridized carbons (Fsp3) is 0. The van der Waals surface area contributed by atoms with Crippen LogP contribution in [0.25, 0.3) is 244 Å². The number of benzene rings is 19. The highest BCUT2D eigenvalue weighted by Crippen LogP contribution is 2.54. The van der Waals surface area contributed by atoms with Crippen LogP contribution in [0.1, 0.15) is 0 Å². The van der Waals surface area contributed by atoms with Gasteiger partial charge in [0.2, 0.25) is 0 Å². The van der Waals surface area contributed by atoms with Crippen LogP contribution in [-0.2, 0) is 0 Å². The summed E-state index contributed by atoms with van der Waals surface area (Å²) in [6.45, 7) is 0. The van der Waals surface area contributed by atoms with Gasteiger partial charge in [0, 0.05) is 88.1 Å². The fourth-order valence-electron chi connectivity index (χ4n) is 19.8. The van der Waals surface area contributed by atoms with Gasteiger partial charge >= 0.3 is 0 Å². The summed E-state index contributed by atoms with van der Waals surface area (Å²) in [7, 11) is 0. The van der Waals surface area contributed by atoms with E-state index in [-0.39, 0.29) is 0 Å². The van der Waals surface area contributed by atoms with Crippen molar-refractivity contribution < 1.29 is 0 Å². The van der Waals surface area contributed by atoms with Gasteiger partial charge < -0.3 is 18.3 Å². The van der Waals surface area contributed by atoms with E-state index in [0.717, 1.165) is 128 Å². The Kier molecular flexibility index (Phi) is 15.6. The number of rotatable bonds is 13. The first kappa shape index (κ1) is 68.9. The van der Waals surface area contributed by atoms with Crippen LogP contribution in [0.5, 0.6) is 0 Å². The van der Waals surface area contributed by atoms with E-state index in [1.54, 1.807) is 0 Å². The summed E-state index contributed by atoms with van der Waals surface area (Å²) < 4.78 is 9.72. The third-order valence-electron chi connectivity index (χ3n) is 25.5. The van der Waals surface area contributed by atoms with Gasteiger partial charge in [0.25, 0.3) is 0 Å². The van der Waals surface area contributed by atoms with Crippen LogP contribution in [0.15, 0.2) is 437 Å². The Hall–Kier alpha value is -16.3. The van der Waals surface area contributed by atoms with Crippen LogP contribution in [-0.4, -0.2) is 28.2 Å². The zero-order chi connectivity index (χ0) is 80.0. The van der Waals surface area contributed by atoms with Crippen LogP contribution in [0, 0.1) is 0 Å². The van der Waals surface area contributed by atoms with Gasteiger partial charge in [0.15, 0.2) is 5.82 Å². The van der Waals surface area contributed by atoms with Crippen molar-refractivity contribution in [3.63, 3.8) is 0 Å². The van der Waals surface area contributed by atoms with E-state index < -0.39 is 0 Å². The molecular weight excluding hydrogens is 1480 g/mol. The van der Waals surface area contributed by atoms with Crippen LogP contribution in [0.3, 0.4) is 0 Å². The van der Waals surface area contributed by atoms with Crippen molar-refractivity contribution in [3.05, 3.63) is 437 Å². The number of hydrogen-bond donors (Lipinski definition) is 0. The van der Waals surface area contributed by atoms with E-state index in [9.17, 15) is 0 Å². The van der Waals surface area contributed by atoms with Gasteiger partial charge in [0.1, 0.15) is 0 Å². The van der Waals surface area contributed by atoms with Crippen molar-refractivity contribution in [2.24, 2.45) is 0 Å². The van der Waals surface area contributed by atoms with E-state index in [1.165, 1.54) is 110 Å². The van der Waals surface area contributed by atoms with E-state index in [0.29, 0.717) is 5.82 Å². The summed E-state index contributed by atoms with van der Waals surface area (Å²) in [5.74, 6) is 0.644. The maximum Gasteiger partial charge on any atom is 0.160 e. The lowest BCUT2D eigenvalue weighted by Gasteiger charge is -2.15. The van der Waals surface area contributed by atoms with Gasteiger partial charge in [-0.05, 0) is 240 Å². The third kappa shape index (κ3) is 11.0. The van der Waals surface area contributed by atoms with Crippen molar-refractivity contribution >= 4 is 98.0 Å². The Morgan fingerprint density at radius 3 is 0.762 bits per heavy atom. The van der Waals surface area contributed by atoms with Crippen molar-refractivity contribution in [2.45, 2.75) is 0 Å². The molecule has 5 aromatic heterocycles. The Morgan fingerprint density at radius 2 is 0.410 bits per heavy atom. The summed E-state index contributed by atoms with van der Waals surface area (Å²) in [5.41, 5.74) is 36.7. The van der Waals surface area contributed by atoms with E-state index in [4.69, 9.17) is 9.97 Å². The zero-order valence-electron chi connectivity index (χ0n) is 66.3. The average molecular weight is 1550 g/mol. The van der Waals surface area contributed by atoms with Gasteiger partial charge in [-0.2, -0.15) is 0 Å². The van der Waals surface area contributed by atoms with Gasteiger partial charge in [0.05, 0.1) is 55.5 Å². The number of aromatic nitrogens is 6. The topological polar surface area (TPSA) is 45.5 Å². The zero-order valence-corrected chi connectivity index (χ0v) is 66.3. The van der Waals surface area contributed by atoms with Gasteiger partial charge in [-0.1, -0.05) is 291 Å². The molecule has 122 heavy (non-hydrogen) atoms. The molecule has 1 aliphatic rings. The highest BCUT2D eigenvalue weighted by atomic mass is 15.0. The molecule has 0 fully saturated rings. The van der Waals surface area contributed by atoms with E-state index >= 15 is 0 Å². The summed E-state index contributed by atoms with van der Waals surface area (Å²) in [6.07, 6.45) is 0. The maximum absolute atomic E-state index is 5.94. The van der Waals surface area contributed by atoms with Crippen molar-refractivity contribution in [2.75, 3.05) is 0 Å². The molecule has 6 heteroatoms. The first-order valence-corrected chi connectivity index (χ1v) is 41.9. The number of fused-ring (bicyclic) bond motifs is 15. The van der Waals surface area contributed by atoms with Crippen molar-refractivity contribution in [3.8, 4) is 146 Å². The van der Waals surface area contributed by atoms with Crippen molar-refractivity contribution in [1.29, 1.82) is 0 Å². The molecule has 0 aliphatic heterocycles. The van der Waals surface area contributed by atoms with Crippen LogP contribution in [0.2, 0.25) is 0 Å². The van der Waals surface area contributed by atoms with Crippen LogP contribution < -0.4 is 0 Å². The lowest BCUT2D eigenvalue weighted by Crippen LogP contribution is -2.00. The Labute approximate surface area is 703 Å². The predicted molar refractivity (Wildman–Crippen MR) is 510 cm³/mol. The molecule has 0 unspecified atom stereocenters. The van der Waals surface area contributed by atoms with Crippen LogP contribution in [0.4, 0.5) is 0 Å². The number of nitrogens with zero attached hydrogens (tertiary/aromatic N) is 6. The lowest BCUT2D eigenvalue weighted by atomic mass is 9.93. The molecule has 0 saturated heterocycles. The molecule has 0 atom stereocenters. The second kappa shape index (κ2) is 27.7. The Bertz CT molecular complexity index is 8390. The second-order valence-corrected chi connectivity index (χ2v) is 32.3. The SMILES string of the molecule is c1ccc(-c2ccc3c(c2)c2cc(-c4ccc5c(c4)c4cc(-c6ccccc6)ccc4n5-c4cccc(-c5nc(-c6cccc(-n7c8ccc(-c9ccccc9)cc8c8cc(-c9ccc%10c(c9)c9cc(-c%11ccccc%11)ccc9n%10-c9ccccc9)ccc87)c6)c6c(n5)-c5cccc7c(-c8ccccc8)ccc-6c57)c4)ccc2n3-c2ccccc2)cc1.